The normalized spacial score (nSPS) is 17.7. The molecule has 3 heteroatoms. The van der Waals surface area contributed by atoms with E-state index < -0.39 is 0 Å². The Morgan fingerprint density at radius 3 is 3.11 bits per heavy atom. The molecule has 1 heterocycles. The average Bonchev–Trinajstić information content (AvgIpc) is 3.01. The summed E-state index contributed by atoms with van der Waals surface area (Å²) in [6.45, 7) is 3.23. The van der Waals surface area contributed by atoms with Crippen LogP contribution in [-0.2, 0) is 19.4 Å². The maximum atomic E-state index is 3.73. The van der Waals surface area contributed by atoms with Gasteiger partial charge in [0.05, 0.1) is 0 Å². The Morgan fingerprint density at radius 2 is 2.26 bits per heavy atom. The van der Waals surface area contributed by atoms with E-state index in [0.29, 0.717) is 6.04 Å². The number of fused-ring (bicyclic) bond motifs is 1. The topological polar surface area (TPSA) is 12.0 Å². The van der Waals surface area contributed by atoms with Gasteiger partial charge in [-0.25, -0.2) is 0 Å². The summed E-state index contributed by atoms with van der Waals surface area (Å²) in [6, 6.07) is 9.46. The van der Waals surface area contributed by atoms with E-state index in [0.717, 1.165) is 13.0 Å². The second kappa shape index (κ2) is 5.78. The van der Waals surface area contributed by atoms with Crippen LogP contribution >= 0.6 is 27.3 Å². The number of aryl methyl sites for hydroxylation is 2. The number of halogens is 1. The fraction of sp³-hybridized carbons (Fsp3) is 0.375. The second-order valence-electron chi connectivity index (χ2n) is 5.04. The monoisotopic (exact) mass is 335 g/mol. The molecule has 0 saturated carbocycles. The molecular weight excluding hydrogens is 318 g/mol. The lowest BCUT2D eigenvalue weighted by molar-refractivity contribution is 0.532. The largest absolute Gasteiger partial charge is 0.305 e. The molecule has 2 aromatic rings. The van der Waals surface area contributed by atoms with E-state index in [2.05, 4.69) is 57.8 Å². The summed E-state index contributed by atoms with van der Waals surface area (Å²) >= 11 is 5.43. The van der Waals surface area contributed by atoms with Gasteiger partial charge >= 0.3 is 0 Å². The van der Waals surface area contributed by atoms with Crippen LogP contribution in [0.5, 0.6) is 0 Å². The number of hydrogen-bond acceptors (Lipinski definition) is 2. The van der Waals surface area contributed by atoms with E-state index in [-0.39, 0.29) is 0 Å². The molecule has 0 spiro atoms. The number of hydrogen-bond donors (Lipinski definition) is 1. The first-order chi connectivity index (χ1) is 9.28. The zero-order chi connectivity index (χ0) is 13.2. The fourth-order valence-corrected chi connectivity index (χ4v) is 4.19. The summed E-state index contributed by atoms with van der Waals surface area (Å²) in [5.41, 5.74) is 4.47. The molecule has 0 saturated heterocycles. The van der Waals surface area contributed by atoms with Crippen LogP contribution in [0.3, 0.4) is 0 Å². The Balaban J connectivity index is 1.70. The Kier molecular flexibility index (Phi) is 4.06. The van der Waals surface area contributed by atoms with Gasteiger partial charge in [-0.3, -0.25) is 0 Å². The molecular formula is C16H18BrNS. The van der Waals surface area contributed by atoms with Gasteiger partial charge in [0.1, 0.15) is 0 Å². The maximum absolute atomic E-state index is 3.73. The highest BCUT2D eigenvalue weighted by Crippen LogP contribution is 2.33. The average molecular weight is 336 g/mol. The Bertz CT molecular complexity index is 576. The fourth-order valence-electron chi connectivity index (χ4n) is 2.85. The van der Waals surface area contributed by atoms with Gasteiger partial charge in [-0.15, -0.1) is 11.3 Å². The molecule has 1 unspecified atom stereocenters. The minimum absolute atomic E-state index is 0.523. The predicted molar refractivity (Wildman–Crippen MR) is 85.7 cm³/mol. The van der Waals surface area contributed by atoms with Crippen LogP contribution in [0, 0.1) is 0 Å². The lowest BCUT2D eigenvalue weighted by Crippen LogP contribution is -2.18. The second-order valence-corrected chi connectivity index (χ2v) is 6.95. The molecule has 1 nitrogen and oxygen atoms in total. The highest BCUT2D eigenvalue weighted by atomic mass is 79.9. The molecule has 100 valence electrons. The van der Waals surface area contributed by atoms with Gasteiger partial charge in [-0.05, 0) is 59.5 Å². The van der Waals surface area contributed by atoms with Crippen molar-refractivity contribution in [3.05, 3.63) is 55.7 Å². The van der Waals surface area contributed by atoms with Crippen molar-refractivity contribution in [1.29, 1.82) is 0 Å². The van der Waals surface area contributed by atoms with Crippen LogP contribution in [0.1, 0.15) is 41.0 Å². The van der Waals surface area contributed by atoms with Crippen molar-refractivity contribution >= 4 is 27.3 Å². The van der Waals surface area contributed by atoms with Crippen molar-refractivity contribution < 1.29 is 0 Å². The van der Waals surface area contributed by atoms with Crippen molar-refractivity contribution in [2.75, 3.05) is 0 Å². The molecule has 1 aromatic heterocycles. The number of nitrogens with one attached hydrogen (secondary N) is 1. The number of thiophene rings is 1. The molecule has 0 radical (unpaired) electrons. The molecule has 1 aliphatic rings. The van der Waals surface area contributed by atoms with E-state index in [1.165, 1.54) is 38.9 Å². The summed E-state index contributed by atoms with van der Waals surface area (Å²) in [5.74, 6) is 0. The molecule has 0 bridgehead atoms. The Labute approximate surface area is 127 Å². The lowest BCUT2D eigenvalue weighted by atomic mass is 10.1. The molecule has 1 atom stereocenters. The summed E-state index contributed by atoms with van der Waals surface area (Å²) in [5, 5.41) is 5.93. The smallest absolute Gasteiger partial charge is 0.0329 e. The number of rotatable bonds is 4. The van der Waals surface area contributed by atoms with Crippen LogP contribution in [0.15, 0.2) is 34.1 Å². The SMILES string of the molecule is CCc1ccsc1CNC1CCc2cc(Br)ccc21. The van der Waals surface area contributed by atoms with Crippen LogP contribution in [0.4, 0.5) is 0 Å². The summed E-state index contributed by atoms with van der Waals surface area (Å²) in [6.07, 6.45) is 3.55. The van der Waals surface area contributed by atoms with Crippen LogP contribution in [0.2, 0.25) is 0 Å². The van der Waals surface area contributed by atoms with Gasteiger partial charge in [-0.1, -0.05) is 28.9 Å². The van der Waals surface area contributed by atoms with Gasteiger partial charge in [0.25, 0.3) is 0 Å². The molecule has 3 rings (SSSR count). The molecule has 0 amide bonds. The summed E-state index contributed by atoms with van der Waals surface area (Å²) < 4.78 is 1.19. The van der Waals surface area contributed by atoms with Gasteiger partial charge in [0, 0.05) is 21.9 Å². The van der Waals surface area contributed by atoms with E-state index in [1.54, 1.807) is 0 Å². The zero-order valence-electron chi connectivity index (χ0n) is 11.1. The Hall–Kier alpha value is -0.640. The molecule has 1 aliphatic carbocycles. The van der Waals surface area contributed by atoms with Gasteiger partial charge in [-0.2, -0.15) is 0 Å². The third-order valence-corrected chi connectivity index (χ3v) is 5.37. The van der Waals surface area contributed by atoms with Gasteiger partial charge in [0.2, 0.25) is 0 Å². The van der Waals surface area contributed by atoms with Crippen molar-refractivity contribution in [1.82, 2.24) is 5.32 Å². The minimum atomic E-state index is 0.523. The number of benzene rings is 1. The van der Waals surface area contributed by atoms with Crippen molar-refractivity contribution in [2.24, 2.45) is 0 Å². The van der Waals surface area contributed by atoms with E-state index in [9.17, 15) is 0 Å². The third kappa shape index (κ3) is 2.78. The van der Waals surface area contributed by atoms with E-state index in [1.807, 2.05) is 11.3 Å². The lowest BCUT2D eigenvalue weighted by Gasteiger charge is -2.14. The van der Waals surface area contributed by atoms with Gasteiger partial charge < -0.3 is 5.32 Å². The molecule has 1 N–H and O–H groups in total. The highest BCUT2D eigenvalue weighted by molar-refractivity contribution is 9.10. The van der Waals surface area contributed by atoms with E-state index >= 15 is 0 Å². The molecule has 0 fully saturated rings. The standard InChI is InChI=1S/C16H18BrNS/c1-2-11-7-8-19-16(11)10-18-15-6-3-12-9-13(17)4-5-14(12)15/h4-5,7-9,15,18H,2-3,6,10H2,1H3. The summed E-state index contributed by atoms with van der Waals surface area (Å²) in [7, 11) is 0. The zero-order valence-corrected chi connectivity index (χ0v) is 13.5. The highest BCUT2D eigenvalue weighted by Gasteiger charge is 2.22. The minimum Gasteiger partial charge on any atom is -0.305 e. The Morgan fingerprint density at radius 1 is 1.37 bits per heavy atom. The van der Waals surface area contributed by atoms with Crippen molar-refractivity contribution in [3.8, 4) is 0 Å². The first-order valence-corrected chi connectivity index (χ1v) is 8.52. The molecule has 1 aromatic carbocycles. The maximum Gasteiger partial charge on any atom is 0.0329 e. The molecule has 0 aliphatic heterocycles. The quantitative estimate of drug-likeness (QED) is 0.842. The third-order valence-electron chi connectivity index (χ3n) is 3.91. The van der Waals surface area contributed by atoms with Crippen LogP contribution in [0.25, 0.3) is 0 Å². The predicted octanol–water partition coefficient (Wildman–Crippen LogP) is 4.85. The summed E-state index contributed by atoms with van der Waals surface area (Å²) in [4.78, 5) is 1.49. The van der Waals surface area contributed by atoms with Crippen molar-refractivity contribution in [2.45, 2.75) is 38.8 Å². The van der Waals surface area contributed by atoms with Crippen molar-refractivity contribution in [3.63, 3.8) is 0 Å². The van der Waals surface area contributed by atoms with Crippen LogP contribution in [-0.4, -0.2) is 0 Å². The molecule has 19 heavy (non-hydrogen) atoms. The first-order valence-electron chi connectivity index (χ1n) is 6.85. The van der Waals surface area contributed by atoms with Gasteiger partial charge in [0.15, 0.2) is 0 Å². The van der Waals surface area contributed by atoms with Crippen LogP contribution < -0.4 is 5.32 Å². The van der Waals surface area contributed by atoms with E-state index in [4.69, 9.17) is 0 Å². The first kappa shape index (κ1) is 13.3.